The van der Waals surface area contributed by atoms with Crippen molar-refractivity contribution in [2.75, 3.05) is 6.61 Å². The van der Waals surface area contributed by atoms with E-state index in [2.05, 4.69) is 0 Å². The van der Waals surface area contributed by atoms with Crippen molar-refractivity contribution < 1.29 is 19.4 Å². The Balaban J connectivity index is 1.78. The normalized spacial score (nSPS) is 27.9. The Bertz CT molecular complexity index is 1420. The van der Waals surface area contributed by atoms with Gasteiger partial charge in [-0.25, -0.2) is 23.5 Å². The second-order valence-corrected chi connectivity index (χ2v) is 9.49. The van der Waals surface area contributed by atoms with Crippen LogP contribution in [0.2, 0.25) is 0 Å². The third-order valence-electron chi connectivity index (χ3n) is 7.75. The van der Waals surface area contributed by atoms with E-state index in [1.165, 1.54) is 28.6 Å². The number of phenols is 1. The van der Waals surface area contributed by atoms with E-state index in [9.17, 15) is 24.3 Å². The first kappa shape index (κ1) is 22.2. The van der Waals surface area contributed by atoms with Crippen molar-refractivity contribution in [3.63, 3.8) is 0 Å². The summed E-state index contributed by atoms with van der Waals surface area (Å²) in [5.74, 6) is -1.23. The highest BCUT2D eigenvalue weighted by molar-refractivity contribution is 6.13. The van der Waals surface area contributed by atoms with Crippen LogP contribution in [0.1, 0.15) is 44.7 Å². The van der Waals surface area contributed by atoms with Crippen LogP contribution in [0, 0.1) is 11.3 Å². The number of carbonyl (C=O) groups is 2. The number of fused-ring (bicyclic) bond motifs is 4. The van der Waals surface area contributed by atoms with Gasteiger partial charge >= 0.3 is 11.4 Å². The van der Waals surface area contributed by atoms with Crippen LogP contribution in [0.4, 0.5) is 0 Å². The van der Waals surface area contributed by atoms with E-state index >= 15 is 0 Å². The lowest BCUT2D eigenvalue weighted by Gasteiger charge is -2.52. The second kappa shape index (κ2) is 7.44. The molecule has 0 radical (unpaired) electrons. The van der Waals surface area contributed by atoms with Crippen LogP contribution in [-0.2, 0) is 23.2 Å². The van der Waals surface area contributed by atoms with Gasteiger partial charge in [-0.2, -0.15) is 0 Å². The Hall–Kier alpha value is -3.62. The molecule has 1 aromatic heterocycles. The second-order valence-electron chi connectivity index (χ2n) is 9.49. The maximum absolute atomic E-state index is 13.5. The molecule has 2 heterocycles. The average molecular weight is 466 g/mol. The Morgan fingerprint density at radius 3 is 2.62 bits per heavy atom. The maximum Gasteiger partial charge on any atom is 0.347 e. The number of ketones is 2. The topological polar surface area (TPSA) is 113 Å². The highest BCUT2D eigenvalue weighted by atomic mass is 16.5. The van der Waals surface area contributed by atoms with E-state index in [1.807, 2.05) is 19.9 Å². The SMILES string of the molecule is CCOc1cc(C2C3=CCn4c(=O)n(C)c(=O)n4C3CC3C(=O)C(C)=CC(=O)C32C)ccc1O. The monoisotopic (exact) mass is 465 g/mol. The fraction of sp³-hybridized carbons (Fsp3) is 0.440. The van der Waals surface area contributed by atoms with Crippen molar-refractivity contribution in [3.8, 4) is 11.5 Å². The number of aromatic hydroxyl groups is 1. The summed E-state index contributed by atoms with van der Waals surface area (Å²) in [5.41, 5.74) is -0.0402. The largest absolute Gasteiger partial charge is 0.504 e. The third kappa shape index (κ3) is 2.79. The number of ether oxygens (including phenoxy) is 1. The molecule has 34 heavy (non-hydrogen) atoms. The van der Waals surface area contributed by atoms with Gasteiger partial charge in [-0.3, -0.25) is 9.59 Å². The van der Waals surface area contributed by atoms with Gasteiger partial charge in [-0.15, -0.1) is 0 Å². The van der Waals surface area contributed by atoms with Crippen LogP contribution >= 0.6 is 0 Å². The van der Waals surface area contributed by atoms with Gasteiger partial charge in [-0.05, 0) is 55.2 Å². The zero-order valence-electron chi connectivity index (χ0n) is 19.6. The molecule has 0 spiro atoms. The molecule has 0 bridgehead atoms. The molecule has 1 N–H and O–H groups in total. The maximum atomic E-state index is 13.5. The van der Waals surface area contributed by atoms with Crippen LogP contribution < -0.4 is 16.1 Å². The third-order valence-corrected chi connectivity index (χ3v) is 7.75. The van der Waals surface area contributed by atoms with E-state index in [1.54, 1.807) is 19.1 Å². The summed E-state index contributed by atoms with van der Waals surface area (Å²) in [6.45, 7) is 5.79. The number of nitrogens with zero attached hydrogens (tertiary/aromatic N) is 3. The molecule has 9 heteroatoms. The fourth-order valence-electron chi connectivity index (χ4n) is 6.01. The molecule has 1 aromatic carbocycles. The van der Waals surface area contributed by atoms with Gasteiger partial charge in [0.05, 0.1) is 24.6 Å². The number of carbonyl (C=O) groups excluding carboxylic acids is 2. The summed E-state index contributed by atoms with van der Waals surface area (Å²) in [4.78, 5) is 52.6. The van der Waals surface area contributed by atoms with Crippen LogP contribution in [0.5, 0.6) is 11.5 Å². The fourth-order valence-corrected chi connectivity index (χ4v) is 6.01. The molecule has 5 rings (SSSR count). The smallest absolute Gasteiger partial charge is 0.347 e. The highest BCUT2D eigenvalue weighted by Crippen LogP contribution is 2.59. The number of benzene rings is 1. The molecule has 2 aromatic rings. The van der Waals surface area contributed by atoms with Crippen molar-refractivity contribution in [1.29, 1.82) is 0 Å². The standard InChI is InChI=1S/C25H27N3O6/c1-5-34-19-11-14(6-7-18(19)29)21-15-8-9-27-23(32)26(4)24(33)28(27)17(15)12-16-22(31)13(2)10-20(30)25(16,21)3/h6-8,10-11,16-17,21,29H,5,9,12H2,1-4H3. The summed E-state index contributed by atoms with van der Waals surface area (Å²) in [6, 6.07) is 4.40. The molecular formula is C25H27N3O6. The number of phenolic OH excluding ortho intramolecular Hbond substituents is 1. The van der Waals surface area contributed by atoms with Gasteiger partial charge in [0.25, 0.3) is 0 Å². The lowest BCUT2D eigenvalue weighted by molar-refractivity contribution is -0.139. The Morgan fingerprint density at radius 2 is 1.91 bits per heavy atom. The molecular weight excluding hydrogens is 438 g/mol. The number of aromatic nitrogens is 3. The lowest BCUT2D eigenvalue weighted by atomic mass is 9.51. The molecule has 1 saturated carbocycles. The van der Waals surface area contributed by atoms with Crippen LogP contribution in [0.15, 0.2) is 51.1 Å². The minimum Gasteiger partial charge on any atom is -0.504 e. The Kier molecular flexibility index (Phi) is 4.86. The van der Waals surface area contributed by atoms with Gasteiger partial charge in [-0.1, -0.05) is 19.1 Å². The first-order chi connectivity index (χ1) is 16.1. The molecule has 1 fully saturated rings. The average Bonchev–Trinajstić information content (AvgIpc) is 3.03. The van der Waals surface area contributed by atoms with Crippen LogP contribution in [-0.4, -0.2) is 37.2 Å². The molecule has 1 aliphatic heterocycles. The summed E-state index contributed by atoms with van der Waals surface area (Å²) in [7, 11) is 1.43. The molecule has 4 unspecified atom stereocenters. The highest BCUT2D eigenvalue weighted by Gasteiger charge is 2.59. The molecule has 0 saturated heterocycles. The minimum absolute atomic E-state index is 0.0211. The van der Waals surface area contributed by atoms with E-state index in [4.69, 9.17) is 4.74 Å². The van der Waals surface area contributed by atoms with Gasteiger partial charge in [0.1, 0.15) is 0 Å². The molecule has 2 aliphatic carbocycles. The molecule has 3 aliphatic rings. The predicted molar refractivity (Wildman–Crippen MR) is 123 cm³/mol. The van der Waals surface area contributed by atoms with Gasteiger partial charge in [0.15, 0.2) is 23.1 Å². The number of allylic oxidation sites excluding steroid dienone is 4. The summed E-state index contributed by atoms with van der Waals surface area (Å²) in [5, 5.41) is 10.3. The zero-order chi connectivity index (χ0) is 24.5. The molecule has 178 valence electrons. The van der Waals surface area contributed by atoms with Gasteiger partial charge in [0, 0.05) is 18.9 Å². The van der Waals surface area contributed by atoms with Crippen molar-refractivity contribution in [3.05, 3.63) is 68.0 Å². The minimum atomic E-state index is -1.08. The quantitative estimate of drug-likeness (QED) is 0.693. The van der Waals surface area contributed by atoms with E-state index < -0.39 is 34.7 Å². The van der Waals surface area contributed by atoms with E-state index in [-0.39, 0.29) is 36.0 Å². The van der Waals surface area contributed by atoms with Gasteiger partial charge in [0.2, 0.25) is 0 Å². The Morgan fingerprint density at radius 1 is 1.18 bits per heavy atom. The molecule has 4 atom stereocenters. The van der Waals surface area contributed by atoms with Crippen molar-refractivity contribution >= 4 is 11.6 Å². The van der Waals surface area contributed by atoms with Crippen molar-refractivity contribution in [1.82, 2.24) is 13.9 Å². The molecule has 0 amide bonds. The summed E-state index contributed by atoms with van der Waals surface area (Å²) in [6.07, 6.45) is 3.56. The van der Waals surface area contributed by atoms with Crippen molar-refractivity contribution in [2.45, 2.75) is 45.7 Å². The number of rotatable bonds is 3. The Labute approximate surface area is 195 Å². The van der Waals surface area contributed by atoms with E-state index in [0.29, 0.717) is 17.7 Å². The molecule has 9 nitrogen and oxygen atoms in total. The number of hydrogen-bond acceptors (Lipinski definition) is 6. The van der Waals surface area contributed by atoms with Gasteiger partial charge < -0.3 is 9.84 Å². The first-order valence-electron chi connectivity index (χ1n) is 11.4. The lowest BCUT2D eigenvalue weighted by Crippen LogP contribution is -2.54. The van der Waals surface area contributed by atoms with E-state index in [0.717, 1.165) is 10.1 Å². The number of Topliss-reactive ketones (excluding diaryl/α,β-unsaturated/α-hetero) is 1. The van der Waals surface area contributed by atoms with Crippen molar-refractivity contribution in [2.24, 2.45) is 18.4 Å². The summed E-state index contributed by atoms with van der Waals surface area (Å²) < 4.78 is 9.47. The van der Waals surface area contributed by atoms with Crippen LogP contribution in [0.3, 0.4) is 0 Å². The first-order valence-corrected chi connectivity index (χ1v) is 11.4. The predicted octanol–water partition coefficient (Wildman–Crippen LogP) is 1.84. The summed E-state index contributed by atoms with van der Waals surface area (Å²) >= 11 is 0. The zero-order valence-corrected chi connectivity index (χ0v) is 19.6. The number of hydrogen-bond donors (Lipinski definition) is 1. The van der Waals surface area contributed by atoms with Crippen LogP contribution in [0.25, 0.3) is 0 Å².